The molecule has 0 aromatic rings. The molecule has 1 radical (unpaired) electrons. The van der Waals surface area contributed by atoms with Crippen LogP contribution in [0.4, 0.5) is 0 Å². The molecule has 0 saturated carbocycles. The number of rotatable bonds is 0. The van der Waals surface area contributed by atoms with E-state index in [2.05, 4.69) is 0 Å². The largest absolute Gasteiger partial charge is 4.00 e. The van der Waals surface area contributed by atoms with Gasteiger partial charge in [0.15, 0.2) is 0 Å². The maximum atomic E-state index is 0. The molecule has 0 amide bonds. The van der Waals surface area contributed by atoms with E-state index >= 15 is 0 Å². The van der Waals surface area contributed by atoms with Crippen molar-refractivity contribution in [2.45, 2.75) is 0 Å². The number of hydrogen-bond acceptors (Lipinski definition) is 8. The van der Waals surface area contributed by atoms with E-state index in [4.69, 9.17) is 0 Å². The van der Waals surface area contributed by atoms with Crippen LogP contribution >= 0.6 is 0 Å². The molecule has 81 valence electrons. The summed E-state index contributed by atoms with van der Waals surface area (Å²) in [5, 5.41) is 0. The summed E-state index contributed by atoms with van der Waals surface area (Å²) in [7, 11) is 0. The van der Waals surface area contributed by atoms with Gasteiger partial charge in [-0.2, -0.15) is 0 Å². The second-order valence-corrected chi connectivity index (χ2v) is 0. The Labute approximate surface area is 98.0 Å². The molecule has 0 heterocycles. The van der Waals surface area contributed by atoms with Gasteiger partial charge in [-0.3, -0.25) is 0 Å². The van der Waals surface area contributed by atoms with Crippen LogP contribution in [0.25, 0.3) is 0 Å². The summed E-state index contributed by atoms with van der Waals surface area (Å²) >= 11 is 0. The van der Waals surface area contributed by atoms with Gasteiger partial charge in [-0.1, -0.05) is 0 Å². The van der Waals surface area contributed by atoms with E-state index in [1.165, 1.54) is 0 Å². The van der Waals surface area contributed by atoms with Crippen molar-refractivity contribution in [1.29, 1.82) is 0 Å². The van der Waals surface area contributed by atoms with Crippen molar-refractivity contribution >= 4 is 0 Å². The fraction of sp³-hybridized carbons (Fsp3) is 0. The smallest absolute Gasteiger partial charge is 0.870 e. The van der Waals surface area contributed by atoms with Crippen LogP contribution in [0, 0.1) is 0 Å². The average Bonchev–Trinajstić information content (AvgIpc) is 0. The zero-order valence-electron chi connectivity index (χ0n) is 4.64. The first-order valence-electron chi connectivity index (χ1n) is 0. The first kappa shape index (κ1) is 854. The molecule has 0 unspecified atom stereocenters. The summed E-state index contributed by atoms with van der Waals surface area (Å²) in [6, 6.07) is 0. The van der Waals surface area contributed by atoms with Crippen molar-refractivity contribution in [3.05, 3.63) is 0 Å². The van der Waals surface area contributed by atoms with Gasteiger partial charge in [0, 0.05) is 0 Å². The molecule has 0 atom stereocenters. The molecule has 0 rings (SSSR count). The van der Waals surface area contributed by atoms with Crippen LogP contribution < -0.4 is 0 Å². The van der Waals surface area contributed by atoms with Gasteiger partial charge in [-0.05, 0) is 0 Å². The van der Waals surface area contributed by atoms with Gasteiger partial charge in [0.25, 0.3) is 0 Å². The van der Waals surface area contributed by atoms with E-state index in [-0.39, 0.29) is 98.1 Å². The van der Waals surface area contributed by atoms with E-state index in [1.807, 2.05) is 0 Å². The van der Waals surface area contributed by atoms with E-state index in [1.54, 1.807) is 0 Å². The van der Waals surface area contributed by atoms with Gasteiger partial charge in [-0.15, -0.1) is 0 Å². The van der Waals surface area contributed by atoms with Crippen molar-refractivity contribution in [2.75, 3.05) is 0 Å². The van der Waals surface area contributed by atoms with Crippen molar-refractivity contribution < 1.29 is 98.1 Å². The molecule has 0 aliphatic carbocycles. The second kappa shape index (κ2) is 653. The molecule has 0 spiro atoms. The first-order valence-corrected chi connectivity index (χ1v) is 0. The van der Waals surface area contributed by atoms with Crippen LogP contribution in [-0.2, 0) is 54.3 Å². The standard InChI is InChI=1S/Co.Ni.8H2O.W/h;;8*1H2;/q2*+2;;;;;;;;;+4/p-8. The van der Waals surface area contributed by atoms with Crippen molar-refractivity contribution in [1.82, 2.24) is 0 Å². The molecule has 0 aliphatic rings. The van der Waals surface area contributed by atoms with E-state index in [0.29, 0.717) is 0 Å². The molecule has 11 heavy (non-hydrogen) atoms. The van der Waals surface area contributed by atoms with Gasteiger partial charge in [0.2, 0.25) is 0 Å². The fourth-order valence-electron chi connectivity index (χ4n) is 0. The Morgan fingerprint density at radius 3 is 0.364 bits per heavy atom. The van der Waals surface area contributed by atoms with Crippen molar-refractivity contribution in [3.8, 4) is 0 Å². The predicted octanol–water partition coefficient (Wildman–Crippen LogP) is -1.42. The van der Waals surface area contributed by atoms with E-state index < -0.39 is 0 Å². The maximum absolute atomic E-state index is 0. The summed E-state index contributed by atoms with van der Waals surface area (Å²) in [5.74, 6) is 0. The van der Waals surface area contributed by atoms with Crippen molar-refractivity contribution in [3.63, 3.8) is 0 Å². The SMILES string of the molecule is [Co+2].[Ni+2].[OH-].[OH-].[OH-].[OH-].[OH-].[OH-].[OH-].[OH-].[W+4]. The van der Waals surface area contributed by atoms with Gasteiger partial charge in [0.1, 0.15) is 0 Å². The average molecular weight is 438 g/mol. The minimum atomic E-state index is 0. The van der Waals surface area contributed by atoms with Crippen LogP contribution in [0.15, 0.2) is 0 Å². The molecule has 0 fully saturated rings. The summed E-state index contributed by atoms with van der Waals surface area (Å²) in [5.41, 5.74) is 0. The molecule has 0 bridgehead atoms. The third-order valence-electron chi connectivity index (χ3n) is 0. The van der Waals surface area contributed by atoms with Crippen LogP contribution in [0.2, 0.25) is 0 Å². The van der Waals surface area contributed by atoms with Crippen molar-refractivity contribution in [2.24, 2.45) is 0 Å². The van der Waals surface area contributed by atoms with Gasteiger partial charge in [0.05, 0.1) is 0 Å². The second-order valence-electron chi connectivity index (χ2n) is 0. The molecule has 8 nitrogen and oxygen atoms in total. The Morgan fingerprint density at radius 2 is 0.364 bits per heavy atom. The maximum Gasteiger partial charge on any atom is 4.00 e. The van der Waals surface area contributed by atoms with Gasteiger partial charge in [-0.25, -0.2) is 0 Å². The van der Waals surface area contributed by atoms with Gasteiger partial charge >= 0.3 is 54.3 Å². The monoisotopic (exact) mass is 437 g/mol. The Morgan fingerprint density at radius 1 is 0.364 bits per heavy atom. The predicted molar refractivity (Wildman–Crippen MR) is 15.5 cm³/mol. The van der Waals surface area contributed by atoms with Crippen LogP contribution in [0.3, 0.4) is 0 Å². The normalized spacial score (nSPS) is 0. The summed E-state index contributed by atoms with van der Waals surface area (Å²) in [6.45, 7) is 0. The minimum absolute atomic E-state index is 0. The summed E-state index contributed by atoms with van der Waals surface area (Å²) in [4.78, 5) is 0. The quantitative estimate of drug-likeness (QED) is 0.406. The Kier molecular flexibility index (Phi) is 50700. The molecule has 0 aliphatic heterocycles. The molecule has 0 saturated heterocycles. The number of hydrogen-bond donors (Lipinski definition) is 0. The fourth-order valence-corrected chi connectivity index (χ4v) is 0. The zero-order valence-corrected chi connectivity index (χ0v) is 9.60. The minimum Gasteiger partial charge on any atom is -0.870 e. The third-order valence-corrected chi connectivity index (χ3v) is 0. The molecule has 0 aromatic carbocycles. The first-order chi connectivity index (χ1) is 0. The molecule has 0 aromatic heterocycles. The molecule has 11 heteroatoms. The third kappa shape index (κ3) is 533. The molecule has 8 N–H and O–H groups in total. The molecular weight excluding hydrogens is 429 g/mol. The van der Waals surface area contributed by atoms with Crippen LogP contribution in [0.5, 0.6) is 0 Å². The van der Waals surface area contributed by atoms with Crippen LogP contribution in [-0.4, -0.2) is 43.8 Å². The summed E-state index contributed by atoms with van der Waals surface area (Å²) < 4.78 is 0. The summed E-state index contributed by atoms with van der Waals surface area (Å²) in [6.07, 6.45) is 0. The Hall–Kier alpha value is 1.37. The Balaban J connectivity index is 0. The molecular formula is H8CoNiO8W. The zero-order chi connectivity index (χ0) is 0. The topological polar surface area (TPSA) is 240 Å². The Bertz CT molecular complexity index is 14.1. The van der Waals surface area contributed by atoms with Crippen LogP contribution in [0.1, 0.15) is 0 Å². The van der Waals surface area contributed by atoms with E-state index in [0.717, 1.165) is 0 Å². The van der Waals surface area contributed by atoms with E-state index in [9.17, 15) is 0 Å². The van der Waals surface area contributed by atoms with Gasteiger partial charge < -0.3 is 43.8 Å².